The van der Waals surface area contributed by atoms with Gasteiger partial charge in [0.05, 0.1) is 0 Å². The normalized spacial score (nSPS) is 16.3. The summed E-state index contributed by atoms with van der Waals surface area (Å²) in [4.78, 5) is 17.8. The summed E-state index contributed by atoms with van der Waals surface area (Å²) in [6.07, 6.45) is 0.179. The molecular formula is C38H50ClN3O2Ru. The van der Waals surface area contributed by atoms with Gasteiger partial charge in [-0.1, -0.05) is 0 Å². The van der Waals surface area contributed by atoms with Gasteiger partial charge in [-0.25, -0.2) is 0 Å². The monoisotopic (exact) mass is 717 g/mol. The van der Waals surface area contributed by atoms with Crippen LogP contribution in [0.5, 0.6) is 5.75 Å². The standard InChI is InChI=1S/C27H38N2.C11H11NO2.ClH.Ru/c1-18(2)22-11-9-12-23(19(3)4)26(22)28-15-16-29(17-28)27-24(20(5)6)13-10-14-25(27)21(7)8;1-3-9-11(13)12-8-6-4-5-7(2)10(8)14-9;;/h9-14,18-21H,15-16H2,1-8H3;2,4-6,9H,3H2,1H3,(H,12,13);1H;. The van der Waals surface area contributed by atoms with E-state index in [1.165, 1.54) is 38.0 Å². The van der Waals surface area contributed by atoms with Crippen LogP contribution in [-0.4, -0.2) is 34.1 Å². The van der Waals surface area contributed by atoms with E-state index in [9.17, 15) is 4.79 Å². The molecule has 7 heteroatoms. The molecule has 0 bridgehead atoms. The number of nitrogens with one attached hydrogen (secondary N) is 1. The molecule has 1 saturated heterocycles. The Morgan fingerprint density at radius 3 is 1.64 bits per heavy atom. The molecule has 3 aromatic rings. The van der Waals surface area contributed by atoms with Gasteiger partial charge in [-0.3, -0.25) is 0 Å². The summed E-state index contributed by atoms with van der Waals surface area (Å²) in [5, 5.41) is 3.08. The zero-order chi connectivity index (χ0) is 31.7. The number of hydrogen-bond donors (Lipinski definition) is 1. The smallest absolute Gasteiger partial charge is 0.147 e. The minimum absolute atomic E-state index is 0. The third kappa shape index (κ3) is 6.98. The van der Waals surface area contributed by atoms with Crippen molar-refractivity contribution in [1.82, 2.24) is 0 Å². The number of ether oxygens (including phenoxy) is 1. The molecule has 0 spiro atoms. The average molecular weight is 717 g/mol. The number of para-hydroxylation sites is 3. The van der Waals surface area contributed by atoms with Crippen molar-refractivity contribution >= 4 is 44.3 Å². The first-order chi connectivity index (χ1) is 21.0. The number of benzene rings is 3. The van der Waals surface area contributed by atoms with Crippen LogP contribution in [0.25, 0.3) is 0 Å². The second-order valence-corrected chi connectivity index (χ2v) is 15.0. The molecule has 0 saturated carbocycles. The number of amides is 1. The number of carbonyl (C=O) groups excluding carboxylic acids is 1. The zero-order valence-corrected chi connectivity index (χ0v) is 30.8. The maximum atomic E-state index is 12.6. The van der Waals surface area contributed by atoms with Crippen LogP contribution >= 0.6 is 12.4 Å². The Hall–Kier alpha value is -2.82. The van der Waals surface area contributed by atoms with E-state index in [2.05, 4.69) is 118 Å². The summed E-state index contributed by atoms with van der Waals surface area (Å²) in [5.41, 5.74) is 10.2. The Kier molecular flexibility index (Phi) is 11.5. The predicted molar refractivity (Wildman–Crippen MR) is 191 cm³/mol. The van der Waals surface area contributed by atoms with Gasteiger partial charge in [-0.05, 0) is 0 Å². The van der Waals surface area contributed by atoms with Crippen molar-refractivity contribution in [3.63, 3.8) is 0 Å². The first kappa shape index (κ1) is 35.0. The zero-order valence-electron chi connectivity index (χ0n) is 28.3. The van der Waals surface area contributed by atoms with Crippen molar-refractivity contribution in [3.8, 4) is 5.75 Å². The van der Waals surface area contributed by atoms with Gasteiger partial charge < -0.3 is 0 Å². The van der Waals surface area contributed by atoms with E-state index < -0.39 is 6.10 Å². The van der Waals surface area contributed by atoms with Gasteiger partial charge in [-0.2, -0.15) is 0 Å². The fourth-order valence-corrected chi connectivity index (χ4v) is 8.54. The molecular weight excluding hydrogens is 667 g/mol. The number of rotatable bonds is 8. The van der Waals surface area contributed by atoms with Crippen LogP contribution in [0.2, 0.25) is 0 Å². The Labute approximate surface area is 283 Å². The summed E-state index contributed by atoms with van der Waals surface area (Å²) in [5.74, 6) is 2.38. The summed E-state index contributed by atoms with van der Waals surface area (Å²) >= 11 is -0.371. The van der Waals surface area contributed by atoms with Crippen LogP contribution in [0, 0.1) is 0 Å². The van der Waals surface area contributed by atoms with Crippen molar-refractivity contribution in [1.29, 1.82) is 0 Å². The van der Waals surface area contributed by atoms with E-state index in [1.807, 2.05) is 19.1 Å². The van der Waals surface area contributed by atoms with E-state index in [4.69, 9.17) is 4.74 Å². The number of nitrogens with zero attached hydrogens (tertiary/aromatic N) is 2. The van der Waals surface area contributed by atoms with Crippen LogP contribution < -0.4 is 19.9 Å². The fraction of sp³-hybridized carbons (Fsp3) is 0.447. The van der Waals surface area contributed by atoms with E-state index >= 15 is 0 Å². The average Bonchev–Trinajstić information content (AvgIpc) is 3.41. The van der Waals surface area contributed by atoms with Gasteiger partial charge in [0.25, 0.3) is 0 Å². The van der Waals surface area contributed by atoms with Crippen LogP contribution in [0.4, 0.5) is 17.1 Å². The largest absolute Gasteiger partial charge is 0.147 e. The molecule has 244 valence electrons. The van der Waals surface area contributed by atoms with Crippen molar-refractivity contribution in [3.05, 3.63) is 82.4 Å². The number of hydrogen-bond acceptors (Lipinski definition) is 4. The van der Waals surface area contributed by atoms with Crippen molar-refractivity contribution in [2.24, 2.45) is 0 Å². The Morgan fingerprint density at radius 2 is 1.22 bits per heavy atom. The van der Waals surface area contributed by atoms with E-state index in [0.29, 0.717) is 30.1 Å². The number of fused-ring (bicyclic) bond motifs is 1. The molecule has 2 heterocycles. The van der Waals surface area contributed by atoms with E-state index in [1.54, 1.807) is 0 Å². The second kappa shape index (κ2) is 14.7. The van der Waals surface area contributed by atoms with Gasteiger partial charge in [-0.15, -0.1) is 12.4 Å². The first-order valence-corrected chi connectivity index (χ1v) is 18.1. The van der Waals surface area contributed by atoms with Gasteiger partial charge >= 0.3 is 273 Å². The molecule has 1 N–H and O–H groups in total. The quantitative estimate of drug-likeness (QED) is 0.237. The molecule has 1 atom stereocenters. The molecule has 1 amide bonds. The summed E-state index contributed by atoms with van der Waals surface area (Å²) in [7, 11) is 0. The molecule has 3 aromatic carbocycles. The fourth-order valence-electron chi connectivity index (χ4n) is 6.33. The number of halogens is 1. The third-order valence-electron chi connectivity index (χ3n) is 8.68. The van der Waals surface area contributed by atoms with Crippen LogP contribution in [0.3, 0.4) is 0 Å². The van der Waals surface area contributed by atoms with Crippen molar-refractivity contribution in [2.45, 2.75) is 98.5 Å². The minimum Gasteiger partial charge on any atom is -0.147 e. The summed E-state index contributed by atoms with van der Waals surface area (Å²) < 4.78 is 10.1. The second-order valence-electron chi connectivity index (χ2n) is 13.2. The van der Waals surface area contributed by atoms with E-state index in [-0.39, 0.29) is 34.5 Å². The molecule has 5 rings (SSSR count). The SMILES string of the molecule is CCC1Oc2c([CH]=[Ru]=[C]3N(c4c(C(C)C)cccc4C(C)C)CCN3c3c(C(C)C)cccc3C(C)C)cccc2NC1=O.Cl. The van der Waals surface area contributed by atoms with Crippen LogP contribution in [-0.2, 0) is 21.0 Å². The topological polar surface area (TPSA) is 44.8 Å². The molecule has 0 aliphatic carbocycles. The van der Waals surface area contributed by atoms with Gasteiger partial charge in [0.1, 0.15) is 0 Å². The van der Waals surface area contributed by atoms with Gasteiger partial charge in [0.2, 0.25) is 0 Å². The molecule has 1 unspecified atom stereocenters. The number of anilines is 3. The summed E-state index contributed by atoms with van der Waals surface area (Å²) in [6, 6.07) is 19.8. The predicted octanol–water partition coefficient (Wildman–Crippen LogP) is 9.06. The number of carbonyl (C=O) groups is 1. The maximum absolute atomic E-state index is 12.6. The summed E-state index contributed by atoms with van der Waals surface area (Å²) in [6.45, 7) is 22.4. The Morgan fingerprint density at radius 1 is 0.778 bits per heavy atom. The Balaban J connectivity index is 0.00000461. The van der Waals surface area contributed by atoms with Gasteiger partial charge in [0, 0.05) is 0 Å². The first-order valence-electron chi connectivity index (χ1n) is 16.2. The van der Waals surface area contributed by atoms with Crippen molar-refractivity contribution < 1.29 is 25.8 Å². The molecule has 0 aromatic heterocycles. The third-order valence-corrected chi connectivity index (χ3v) is 10.9. The molecule has 5 nitrogen and oxygen atoms in total. The van der Waals surface area contributed by atoms with Gasteiger partial charge in [0.15, 0.2) is 0 Å². The molecule has 1 fully saturated rings. The van der Waals surface area contributed by atoms with Crippen molar-refractivity contribution in [2.75, 3.05) is 28.2 Å². The van der Waals surface area contributed by atoms with Crippen LogP contribution in [0.1, 0.15) is 120 Å². The Bertz CT molecular complexity index is 1480. The minimum atomic E-state index is -0.460. The molecule has 0 radical (unpaired) electrons. The van der Waals surface area contributed by atoms with E-state index in [0.717, 1.165) is 30.1 Å². The molecule has 2 aliphatic heterocycles. The molecule has 2 aliphatic rings. The molecule has 45 heavy (non-hydrogen) atoms. The maximum Gasteiger partial charge on any atom is -0.147 e. The van der Waals surface area contributed by atoms with Crippen LogP contribution in [0.15, 0.2) is 54.6 Å².